The summed E-state index contributed by atoms with van der Waals surface area (Å²) in [5.74, 6) is -3.88. The van der Waals surface area contributed by atoms with Gasteiger partial charge in [-0.25, -0.2) is 8.78 Å². The van der Waals surface area contributed by atoms with Crippen LogP contribution in [0.15, 0.2) is 22.1 Å². The van der Waals surface area contributed by atoms with Gasteiger partial charge in [0.15, 0.2) is 0 Å². The molecule has 0 aliphatic carbocycles. The van der Waals surface area contributed by atoms with Gasteiger partial charge < -0.3 is 4.74 Å². The van der Waals surface area contributed by atoms with Crippen LogP contribution in [0.1, 0.15) is 44.0 Å². The van der Waals surface area contributed by atoms with Crippen LogP contribution in [-0.4, -0.2) is 23.7 Å². The minimum Gasteiger partial charge on any atom is -0.465 e. The number of ether oxygens (including phenoxy) is 1. The first kappa shape index (κ1) is 20.9. The quantitative estimate of drug-likeness (QED) is 0.163. The van der Waals surface area contributed by atoms with E-state index in [1.54, 1.807) is 13.8 Å². The molecule has 1 aromatic carbocycles. The van der Waals surface area contributed by atoms with Crippen molar-refractivity contribution in [3.8, 4) is 0 Å². The number of esters is 1. The van der Waals surface area contributed by atoms with Crippen molar-refractivity contribution in [1.82, 2.24) is 0 Å². The molecule has 1 amide bonds. The van der Waals surface area contributed by atoms with Crippen molar-refractivity contribution in [2.45, 2.75) is 43.8 Å². The van der Waals surface area contributed by atoms with Crippen LogP contribution < -0.4 is 0 Å². The van der Waals surface area contributed by atoms with Crippen LogP contribution in [0.3, 0.4) is 0 Å². The van der Waals surface area contributed by atoms with Gasteiger partial charge in [-0.2, -0.15) is 0 Å². The lowest BCUT2D eigenvalue weighted by Gasteiger charge is -2.19. The Hall–Kier alpha value is -2.12. The predicted octanol–water partition coefficient (Wildman–Crippen LogP) is 4.88. The monoisotopic (exact) mass is 371 g/mol. The number of carbonyl (C=O) groups is 2. The lowest BCUT2D eigenvalue weighted by atomic mass is 10.1. The number of halogens is 2. The largest absolute Gasteiger partial charge is 0.465 e. The van der Waals surface area contributed by atoms with Crippen LogP contribution in [0.25, 0.3) is 10.4 Å². The van der Waals surface area contributed by atoms with Crippen LogP contribution >= 0.6 is 11.8 Å². The highest BCUT2D eigenvalue weighted by Gasteiger charge is 2.27. The van der Waals surface area contributed by atoms with Gasteiger partial charge in [-0.3, -0.25) is 9.59 Å². The number of amides is 1. The van der Waals surface area contributed by atoms with Crippen molar-refractivity contribution in [1.29, 1.82) is 0 Å². The van der Waals surface area contributed by atoms with E-state index in [0.29, 0.717) is 6.07 Å². The Morgan fingerprint density at radius 3 is 2.56 bits per heavy atom. The summed E-state index contributed by atoms with van der Waals surface area (Å²) in [6, 6.07) is 1.48. The van der Waals surface area contributed by atoms with Crippen LogP contribution in [0.4, 0.5) is 8.78 Å². The van der Waals surface area contributed by atoms with Gasteiger partial charge in [-0.05, 0) is 29.1 Å². The fourth-order valence-electron chi connectivity index (χ4n) is 1.87. The topological polar surface area (TPSA) is 92.1 Å². The van der Waals surface area contributed by atoms with Gasteiger partial charge in [0.2, 0.25) is 0 Å². The average Bonchev–Trinajstić information content (AvgIpc) is 2.54. The first-order valence-corrected chi connectivity index (χ1v) is 8.61. The second kappa shape index (κ2) is 10.0. The van der Waals surface area contributed by atoms with Crippen LogP contribution in [0.2, 0.25) is 0 Å². The van der Waals surface area contributed by atoms with Crippen molar-refractivity contribution >= 4 is 23.6 Å². The molecule has 25 heavy (non-hydrogen) atoms. The maximum Gasteiger partial charge on any atom is 0.319 e. The summed E-state index contributed by atoms with van der Waals surface area (Å²) in [7, 11) is 0. The number of azide groups is 1. The van der Waals surface area contributed by atoms with Gasteiger partial charge in [-0.1, -0.05) is 27.2 Å². The molecule has 1 atom stereocenters. The molecule has 0 radical (unpaired) electrons. The molecule has 0 fully saturated rings. The molecule has 0 aliphatic rings. The zero-order valence-electron chi connectivity index (χ0n) is 14.2. The number of hydrogen-bond donors (Lipinski definition) is 0. The molecular formula is C16H19F2N3O3S. The number of thioether (sulfide) groups is 1. The van der Waals surface area contributed by atoms with Gasteiger partial charge in [0.1, 0.15) is 16.9 Å². The number of hydrogen-bond acceptors (Lipinski definition) is 4. The van der Waals surface area contributed by atoms with Crippen molar-refractivity contribution in [3.63, 3.8) is 0 Å². The van der Waals surface area contributed by atoms with E-state index in [9.17, 15) is 18.4 Å². The maximum atomic E-state index is 14.0. The fraction of sp³-hybridized carbons (Fsp3) is 0.500. The minimum atomic E-state index is -1.16. The molecule has 0 heterocycles. The second-order valence-electron chi connectivity index (χ2n) is 5.56. The lowest BCUT2D eigenvalue weighted by molar-refractivity contribution is -0.143. The van der Waals surface area contributed by atoms with Crippen molar-refractivity contribution in [2.75, 3.05) is 6.61 Å². The number of unbranched alkanes of at least 4 members (excludes halogenated alkanes) is 1. The highest BCUT2D eigenvalue weighted by molar-refractivity contribution is 8.00. The number of nitrogens with zero attached hydrogens (tertiary/aromatic N) is 3. The summed E-state index contributed by atoms with van der Waals surface area (Å²) >= 11 is 0.845. The molecule has 0 N–H and O–H groups in total. The summed E-state index contributed by atoms with van der Waals surface area (Å²) in [5.41, 5.74) is 7.73. The van der Waals surface area contributed by atoms with Crippen LogP contribution in [0, 0.1) is 17.6 Å². The zero-order valence-corrected chi connectivity index (χ0v) is 15.0. The first-order valence-electron chi connectivity index (χ1n) is 7.73. The predicted molar refractivity (Wildman–Crippen MR) is 90.2 cm³/mol. The van der Waals surface area contributed by atoms with E-state index in [2.05, 4.69) is 10.0 Å². The molecule has 0 aliphatic heterocycles. The Labute approximate surface area is 148 Å². The Bertz CT molecular complexity index is 691. The standard InChI is InChI=1S/C16H19F2N3O3S/c1-4-5-6-24-16(23)14(9(2)3)25-13-7-10(15(22)20-21-19)11(17)8-12(13)18/h7-9,14H,4-6H2,1-3H3. The summed E-state index contributed by atoms with van der Waals surface area (Å²) in [5, 5.41) is 2.08. The Morgan fingerprint density at radius 1 is 1.32 bits per heavy atom. The average molecular weight is 371 g/mol. The Kier molecular flexibility index (Phi) is 8.37. The van der Waals surface area contributed by atoms with E-state index in [1.165, 1.54) is 0 Å². The smallest absolute Gasteiger partial charge is 0.319 e. The van der Waals surface area contributed by atoms with Crippen LogP contribution in [0.5, 0.6) is 0 Å². The molecule has 0 aromatic heterocycles. The molecule has 0 spiro atoms. The molecule has 1 unspecified atom stereocenters. The third-order valence-electron chi connectivity index (χ3n) is 3.22. The van der Waals surface area contributed by atoms with Crippen molar-refractivity contribution in [2.24, 2.45) is 11.0 Å². The molecular weight excluding hydrogens is 352 g/mol. The fourth-order valence-corrected chi connectivity index (χ4v) is 2.94. The number of carbonyl (C=O) groups excluding carboxylic acids is 2. The summed E-state index contributed by atoms with van der Waals surface area (Å²) < 4.78 is 32.9. The van der Waals surface area contributed by atoms with Crippen LogP contribution in [-0.2, 0) is 9.53 Å². The van der Waals surface area contributed by atoms with E-state index in [0.717, 1.165) is 30.7 Å². The van der Waals surface area contributed by atoms with Gasteiger partial charge in [0.05, 0.1) is 12.2 Å². The second-order valence-corrected chi connectivity index (χ2v) is 6.74. The van der Waals surface area contributed by atoms with E-state index < -0.39 is 34.3 Å². The van der Waals surface area contributed by atoms with E-state index in [1.807, 2.05) is 6.92 Å². The molecule has 0 bridgehead atoms. The summed E-state index contributed by atoms with van der Waals surface area (Å²) in [4.78, 5) is 26.0. The van der Waals surface area contributed by atoms with Gasteiger partial charge >= 0.3 is 5.97 Å². The molecule has 1 rings (SSSR count). The van der Waals surface area contributed by atoms with Crippen molar-refractivity contribution < 1.29 is 23.1 Å². The van der Waals surface area contributed by atoms with Gasteiger partial charge in [0.25, 0.3) is 5.91 Å². The van der Waals surface area contributed by atoms with E-state index in [-0.39, 0.29) is 17.4 Å². The third-order valence-corrected chi connectivity index (χ3v) is 4.78. The molecule has 1 aromatic rings. The number of benzene rings is 1. The molecule has 0 saturated heterocycles. The minimum absolute atomic E-state index is 0.0935. The zero-order chi connectivity index (χ0) is 19.0. The molecule has 0 saturated carbocycles. The van der Waals surface area contributed by atoms with Gasteiger partial charge in [0, 0.05) is 15.9 Å². The maximum absolute atomic E-state index is 14.0. The Morgan fingerprint density at radius 2 is 2.00 bits per heavy atom. The molecule has 136 valence electrons. The summed E-state index contributed by atoms with van der Waals surface area (Å²) in [6.07, 6.45) is 1.58. The summed E-state index contributed by atoms with van der Waals surface area (Å²) in [6.45, 7) is 5.77. The molecule has 9 heteroatoms. The number of rotatable bonds is 8. The molecule has 6 nitrogen and oxygen atoms in total. The normalized spacial score (nSPS) is 11.8. The van der Waals surface area contributed by atoms with Crippen molar-refractivity contribution in [3.05, 3.63) is 39.8 Å². The lowest BCUT2D eigenvalue weighted by Crippen LogP contribution is -2.26. The van der Waals surface area contributed by atoms with E-state index >= 15 is 0 Å². The highest BCUT2D eigenvalue weighted by Crippen LogP contribution is 2.33. The van der Waals surface area contributed by atoms with E-state index in [4.69, 9.17) is 10.3 Å². The first-order chi connectivity index (χ1) is 11.8. The third kappa shape index (κ3) is 6.03. The highest BCUT2D eigenvalue weighted by atomic mass is 32.2. The Balaban J connectivity index is 3.08. The van der Waals surface area contributed by atoms with Gasteiger partial charge in [-0.15, -0.1) is 11.8 Å². The SMILES string of the molecule is CCCCOC(=O)C(Sc1cc(C(=O)N=[N+]=[N-])c(F)cc1F)C(C)C.